The maximum atomic E-state index is 13.5. The number of rotatable bonds is 5. The largest absolute Gasteiger partial charge is 0.304 e. The first-order chi connectivity index (χ1) is 10.0. The Morgan fingerprint density at radius 2 is 1.90 bits per heavy atom. The van der Waals surface area contributed by atoms with Crippen molar-refractivity contribution < 1.29 is 14.0 Å². The van der Waals surface area contributed by atoms with Gasteiger partial charge in [-0.05, 0) is 24.6 Å². The molecule has 0 atom stereocenters. The molecule has 0 spiro atoms. The average molecular weight is 283 g/mol. The van der Waals surface area contributed by atoms with Crippen LogP contribution in [0.4, 0.5) is 4.39 Å². The summed E-state index contributed by atoms with van der Waals surface area (Å²) in [5.41, 5.74) is 1.91. The van der Waals surface area contributed by atoms with Gasteiger partial charge < -0.3 is 5.41 Å². The molecule has 4 heteroatoms. The quantitative estimate of drug-likeness (QED) is 0.519. The van der Waals surface area contributed by atoms with E-state index in [1.54, 1.807) is 30.3 Å². The van der Waals surface area contributed by atoms with Crippen LogP contribution in [-0.2, 0) is 6.42 Å². The van der Waals surface area contributed by atoms with Gasteiger partial charge in [0.05, 0.1) is 5.56 Å². The summed E-state index contributed by atoms with van der Waals surface area (Å²) in [5.74, 6) is -0.916. The molecule has 2 aromatic carbocycles. The second-order valence-corrected chi connectivity index (χ2v) is 4.73. The third kappa shape index (κ3) is 3.28. The molecule has 0 unspecified atom stereocenters. The van der Waals surface area contributed by atoms with Crippen LogP contribution in [0.5, 0.6) is 0 Å². The highest BCUT2D eigenvalue weighted by Crippen LogP contribution is 2.15. The van der Waals surface area contributed by atoms with E-state index in [1.807, 2.05) is 0 Å². The molecule has 0 aromatic heterocycles. The molecular formula is C17H14FNO2. The fraction of sp³-hybridized carbons (Fsp3) is 0.118. The number of hydrogen-bond donors (Lipinski definition) is 1. The van der Waals surface area contributed by atoms with Crippen LogP contribution in [-0.4, -0.2) is 17.8 Å². The third-order valence-corrected chi connectivity index (χ3v) is 3.20. The topological polar surface area (TPSA) is 58.0 Å². The number of ketones is 1. The normalized spacial score (nSPS) is 10.2. The number of Topliss-reactive ketones (excluding diaryl/α,β-unsaturated/α-hetero) is 1. The van der Waals surface area contributed by atoms with Gasteiger partial charge in [-0.3, -0.25) is 9.59 Å². The van der Waals surface area contributed by atoms with E-state index < -0.39 is 5.82 Å². The lowest BCUT2D eigenvalue weighted by molar-refractivity contribution is 0.101. The Balaban J connectivity index is 2.30. The fourth-order valence-corrected chi connectivity index (χ4v) is 2.13. The highest BCUT2D eigenvalue weighted by molar-refractivity contribution is 6.05. The van der Waals surface area contributed by atoms with Gasteiger partial charge >= 0.3 is 0 Å². The molecule has 0 saturated heterocycles. The Morgan fingerprint density at radius 3 is 2.57 bits per heavy atom. The van der Waals surface area contributed by atoms with Crippen molar-refractivity contribution in [2.75, 3.05) is 0 Å². The molecule has 0 heterocycles. The van der Waals surface area contributed by atoms with Crippen molar-refractivity contribution in [1.82, 2.24) is 0 Å². The second-order valence-electron chi connectivity index (χ2n) is 4.73. The molecular weight excluding hydrogens is 269 g/mol. The summed E-state index contributed by atoms with van der Waals surface area (Å²) in [6.45, 7) is 1.30. The Morgan fingerprint density at radius 1 is 1.19 bits per heavy atom. The molecule has 0 radical (unpaired) electrons. The third-order valence-electron chi connectivity index (χ3n) is 3.20. The smallest absolute Gasteiger partial charge is 0.162 e. The molecule has 1 N–H and O–H groups in total. The van der Waals surface area contributed by atoms with Gasteiger partial charge in [-0.15, -0.1) is 0 Å². The van der Waals surface area contributed by atoms with Crippen molar-refractivity contribution in [3.63, 3.8) is 0 Å². The molecule has 21 heavy (non-hydrogen) atoms. The minimum atomic E-state index is -0.564. The Kier molecular flexibility index (Phi) is 4.38. The number of nitrogens with one attached hydrogen (secondary N) is 1. The molecule has 0 aliphatic heterocycles. The summed E-state index contributed by atoms with van der Waals surface area (Å²) in [7, 11) is 0. The van der Waals surface area contributed by atoms with E-state index in [2.05, 4.69) is 0 Å². The van der Waals surface area contributed by atoms with Gasteiger partial charge in [-0.25, -0.2) is 4.39 Å². The number of carbonyl (C=O) groups excluding carboxylic acids is 2. The monoisotopic (exact) mass is 283 g/mol. The summed E-state index contributed by atoms with van der Waals surface area (Å²) in [6, 6.07) is 11.0. The van der Waals surface area contributed by atoms with E-state index in [1.165, 1.54) is 19.1 Å². The summed E-state index contributed by atoms with van der Waals surface area (Å²) >= 11 is 0. The second kappa shape index (κ2) is 6.22. The van der Waals surface area contributed by atoms with Crippen molar-refractivity contribution in [2.45, 2.75) is 13.3 Å². The van der Waals surface area contributed by atoms with Crippen LogP contribution in [0.1, 0.15) is 38.8 Å². The van der Waals surface area contributed by atoms with Crippen LogP contribution >= 0.6 is 0 Å². The molecule has 2 aromatic rings. The first-order valence-electron chi connectivity index (χ1n) is 6.44. The highest BCUT2D eigenvalue weighted by Gasteiger charge is 2.11. The molecule has 0 bridgehead atoms. The number of halogens is 1. The van der Waals surface area contributed by atoms with Crippen molar-refractivity contribution in [1.29, 1.82) is 5.41 Å². The van der Waals surface area contributed by atoms with Crippen LogP contribution in [0.15, 0.2) is 42.5 Å². The van der Waals surface area contributed by atoms with Gasteiger partial charge in [-0.2, -0.15) is 0 Å². The number of aldehydes is 1. The van der Waals surface area contributed by atoms with Gasteiger partial charge in [0.15, 0.2) is 12.1 Å². The van der Waals surface area contributed by atoms with E-state index in [0.29, 0.717) is 23.0 Å². The van der Waals surface area contributed by atoms with E-state index in [9.17, 15) is 14.0 Å². The van der Waals surface area contributed by atoms with Crippen LogP contribution in [0.3, 0.4) is 0 Å². The summed E-state index contributed by atoms with van der Waals surface area (Å²) in [5, 5.41) is 8.11. The number of benzene rings is 2. The van der Waals surface area contributed by atoms with Gasteiger partial charge in [0.1, 0.15) is 5.82 Å². The zero-order valence-electron chi connectivity index (χ0n) is 11.5. The minimum absolute atomic E-state index is 0.0176. The fourth-order valence-electron chi connectivity index (χ4n) is 2.13. The van der Waals surface area contributed by atoms with Crippen LogP contribution in [0.25, 0.3) is 0 Å². The Bertz CT molecular complexity index is 722. The Labute approximate surface area is 121 Å². The summed E-state index contributed by atoms with van der Waals surface area (Å²) in [6.07, 6.45) is 0.931. The lowest BCUT2D eigenvalue weighted by Crippen LogP contribution is -2.08. The minimum Gasteiger partial charge on any atom is -0.304 e. The molecule has 0 saturated carbocycles. The maximum absolute atomic E-state index is 13.5. The standard InChI is InChI=1S/C17H14FNO2/c1-11(21)15-8-12(6-7-16(15)18)9-17(19)14-5-3-2-4-13(14)10-20/h2-8,10,19H,9H2,1H3. The van der Waals surface area contributed by atoms with Crippen molar-refractivity contribution in [3.8, 4) is 0 Å². The molecule has 0 fully saturated rings. The predicted molar refractivity (Wildman–Crippen MR) is 78.8 cm³/mol. The van der Waals surface area contributed by atoms with E-state index in [-0.39, 0.29) is 23.5 Å². The molecule has 0 aliphatic rings. The molecule has 3 nitrogen and oxygen atoms in total. The highest BCUT2D eigenvalue weighted by atomic mass is 19.1. The van der Waals surface area contributed by atoms with Gasteiger partial charge in [-0.1, -0.05) is 30.3 Å². The lowest BCUT2D eigenvalue weighted by atomic mass is 9.97. The first-order valence-corrected chi connectivity index (χ1v) is 6.44. The summed E-state index contributed by atoms with van der Waals surface area (Å²) in [4.78, 5) is 22.3. The van der Waals surface area contributed by atoms with Crippen LogP contribution in [0.2, 0.25) is 0 Å². The predicted octanol–water partition coefficient (Wildman–Crippen LogP) is 3.45. The molecule has 0 amide bonds. The van der Waals surface area contributed by atoms with Crippen LogP contribution < -0.4 is 0 Å². The van der Waals surface area contributed by atoms with E-state index in [0.717, 1.165) is 0 Å². The molecule has 2 rings (SSSR count). The first kappa shape index (κ1) is 14.8. The summed E-state index contributed by atoms with van der Waals surface area (Å²) < 4.78 is 13.5. The van der Waals surface area contributed by atoms with Crippen LogP contribution in [0, 0.1) is 11.2 Å². The van der Waals surface area contributed by atoms with Gasteiger partial charge in [0, 0.05) is 23.3 Å². The Hall–Kier alpha value is -2.62. The van der Waals surface area contributed by atoms with E-state index >= 15 is 0 Å². The number of carbonyl (C=O) groups is 2. The molecule has 106 valence electrons. The van der Waals surface area contributed by atoms with Gasteiger partial charge in [0.25, 0.3) is 0 Å². The zero-order chi connectivity index (χ0) is 15.4. The SMILES string of the molecule is CC(=O)c1cc(CC(=N)c2ccccc2C=O)ccc1F. The lowest BCUT2D eigenvalue weighted by Gasteiger charge is -2.08. The van der Waals surface area contributed by atoms with Gasteiger partial charge in [0.2, 0.25) is 0 Å². The van der Waals surface area contributed by atoms with E-state index in [4.69, 9.17) is 5.41 Å². The number of hydrogen-bond acceptors (Lipinski definition) is 3. The maximum Gasteiger partial charge on any atom is 0.162 e. The average Bonchev–Trinajstić information content (AvgIpc) is 2.48. The van der Waals surface area contributed by atoms with Crippen molar-refractivity contribution in [3.05, 3.63) is 70.5 Å². The zero-order valence-corrected chi connectivity index (χ0v) is 11.5. The van der Waals surface area contributed by atoms with Crippen molar-refractivity contribution in [2.24, 2.45) is 0 Å². The van der Waals surface area contributed by atoms with Crippen molar-refractivity contribution >= 4 is 17.8 Å². The molecule has 0 aliphatic carbocycles.